The van der Waals surface area contributed by atoms with E-state index in [1.54, 1.807) is 28.8 Å². The summed E-state index contributed by atoms with van der Waals surface area (Å²) < 4.78 is 1.80. The van der Waals surface area contributed by atoms with Crippen LogP contribution in [0.5, 0.6) is 0 Å². The van der Waals surface area contributed by atoms with Crippen molar-refractivity contribution in [2.75, 3.05) is 26.7 Å². The molecule has 0 spiro atoms. The first-order valence-electron chi connectivity index (χ1n) is 6.67. The summed E-state index contributed by atoms with van der Waals surface area (Å²) in [5, 5.41) is 6.26. The van der Waals surface area contributed by atoms with Gasteiger partial charge in [0.05, 0.1) is 5.02 Å². The number of hydrogen-bond acceptors (Lipinski definition) is 3. The van der Waals surface area contributed by atoms with Crippen molar-refractivity contribution >= 4 is 23.4 Å². The number of aromatic nitrogens is 1. The number of rotatable bonds is 3. The highest BCUT2D eigenvalue weighted by Gasteiger charge is 2.33. The number of piperazine rings is 1. The molecule has 1 saturated heterocycles. The molecule has 1 fully saturated rings. The van der Waals surface area contributed by atoms with Gasteiger partial charge in [-0.25, -0.2) is 0 Å². The Morgan fingerprint density at radius 3 is 2.95 bits per heavy atom. The van der Waals surface area contributed by atoms with E-state index >= 15 is 0 Å². The molecule has 110 valence electrons. The molecular formula is C13H19ClN4O2. The van der Waals surface area contributed by atoms with Crippen LogP contribution in [0.2, 0.25) is 5.02 Å². The minimum absolute atomic E-state index is 0.158. The normalized spacial score (nSPS) is 18.9. The quantitative estimate of drug-likeness (QED) is 0.845. The summed E-state index contributed by atoms with van der Waals surface area (Å²) >= 11 is 5.97. The van der Waals surface area contributed by atoms with Gasteiger partial charge in [0.1, 0.15) is 11.7 Å². The number of nitrogens with zero attached hydrogens (tertiary/aromatic N) is 2. The van der Waals surface area contributed by atoms with Crippen LogP contribution in [0.3, 0.4) is 0 Å². The van der Waals surface area contributed by atoms with Gasteiger partial charge in [-0.3, -0.25) is 9.59 Å². The van der Waals surface area contributed by atoms with Crippen molar-refractivity contribution in [3.8, 4) is 0 Å². The number of amides is 2. The fourth-order valence-corrected chi connectivity index (χ4v) is 2.63. The van der Waals surface area contributed by atoms with Crippen molar-refractivity contribution in [3.05, 3.63) is 23.0 Å². The third kappa shape index (κ3) is 2.81. The fraction of sp³-hybridized carbons (Fsp3) is 0.538. The second-order valence-electron chi connectivity index (χ2n) is 4.66. The molecule has 6 nitrogen and oxygen atoms in total. The van der Waals surface area contributed by atoms with E-state index in [1.165, 1.54) is 0 Å². The van der Waals surface area contributed by atoms with E-state index in [-0.39, 0.29) is 11.8 Å². The highest BCUT2D eigenvalue weighted by Crippen LogP contribution is 2.18. The largest absolute Gasteiger partial charge is 0.357 e. The lowest BCUT2D eigenvalue weighted by Gasteiger charge is -2.35. The maximum Gasteiger partial charge on any atom is 0.271 e. The average molecular weight is 299 g/mol. The van der Waals surface area contributed by atoms with Crippen molar-refractivity contribution in [1.82, 2.24) is 20.1 Å². The topological polar surface area (TPSA) is 66.4 Å². The first-order chi connectivity index (χ1) is 9.58. The molecule has 1 aliphatic rings. The third-order valence-electron chi connectivity index (χ3n) is 3.48. The van der Waals surface area contributed by atoms with E-state index in [1.807, 2.05) is 6.92 Å². The Hall–Kier alpha value is -1.53. The first-order valence-corrected chi connectivity index (χ1v) is 7.05. The molecule has 1 unspecified atom stereocenters. The second-order valence-corrected chi connectivity index (χ2v) is 5.10. The van der Waals surface area contributed by atoms with Gasteiger partial charge in [0, 0.05) is 39.4 Å². The molecule has 20 heavy (non-hydrogen) atoms. The molecule has 0 aromatic carbocycles. The monoisotopic (exact) mass is 298 g/mol. The highest BCUT2D eigenvalue weighted by molar-refractivity contribution is 6.31. The van der Waals surface area contributed by atoms with Gasteiger partial charge in [0.15, 0.2) is 0 Å². The lowest BCUT2D eigenvalue weighted by atomic mass is 10.1. The van der Waals surface area contributed by atoms with Crippen molar-refractivity contribution in [2.45, 2.75) is 19.5 Å². The standard InChI is InChI=1S/C13H19ClN4O2/c1-3-17-8-9(14)6-10(17)13(20)18-5-4-16-7-11(18)12(19)15-2/h6,8,11,16H,3-5,7H2,1-2H3,(H,15,19). The minimum atomic E-state index is -0.486. The fourth-order valence-electron chi connectivity index (χ4n) is 2.41. The number of nitrogens with one attached hydrogen (secondary N) is 2. The smallest absolute Gasteiger partial charge is 0.271 e. The molecule has 7 heteroatoms. The molecule has 2 rings (SSSR count). The molecule has 0 bridgehead atoms. The van der Waals surface area contributed by atoms with E-state index in [2.05, 4.69) is 10.6 Å². The Kier molecular flexibility index (Phi) is 4.67. The number of hydrogen-bond donors (Lipinski definition) is 2. The number of aryl methyl sites for hydroxylation is 1. The van der Waals surface area contributed by atoms with Crippen LogP contribution in [-0.2, 0) is 11.3 Å². The van der Waals surface area contributed by atoms with E-state index in [4.69, 9.17) is 11.6 Å². The summed E-state index contributed by atoms with van der Waals surface area (Å²) in [6.45, 7) is 4.25. The van der Waals surface area contributed by atoms with Gasteiger partial charge >= 0.3 is 0 Å². The average Bonchev–Trinajstić information content (AvgIpc) is 2.86. The molecule has 1 aromatic heterocycles. The molecule has 0 saturated carbocycles. The van der Waals surface area contributed by atoms with Crippen LogP contribution in [0.4, 0.5) is 0 Å². The molecule has 1 atom stereocenters. The van der Waals surface area contributed by atoms with Gasteiger partial charge in [-0.05, 0) is 13.0 Å². The van der Waals surface area contributed by atoms with Gasteiger partial charge in [0.25, 0.3) is 5.91 Å². The van der Waals surface area contributed by atoms with E-state index in [0.717, 1.165) is 0 Å². The summed E-state index contributed by atoms with van der Waals surface area (Å²) in [7, 11) is 1.57. The predicted molar refractivity (Wildman–Crippen MR) is 76.9 cm³/mol. The van der Waals surface area contributed by atoms with Crippen LogP contribution >= 0.6 is 11.6 Å². The predicted octanol–water partition coefficient (Wildman–Crippen LogP) is 0.321. The van der Waals surface area contributed by atoms with Crippen LogP contribution in [0, 0.1) is 0 Å². The van der Waals surface area contributed by atoms with Gasteiger partial charge in [-0.15, -0.1) is 0 Å². The maximum absolute atomic E-state index is 12.7. The van der Waals surface area contributed by atoms with E-state index < -0.39 is 6.04 Å². The van der Waals surface area contributed by atoms with Gasteiger partial charge in [0.2, 0.25) is 5.91 Å². The Morgan fingerprint density at radius 2 is 2.30 bits per heavy atom. The lowest BCUT2D eigenvalue weighted by molar-refractivity contribution is -0.125. The first kappa shape index (κ1) is 14.9. The van der Waals surface area contributed by atoms with Crippen molar-refractivity contribution < 1.29 is 9.59 Å². The summed E-state index contributed by atoms with van der Waals surface area (Å²) in [6.07, 6.45) is 1.73. The molecule has 1 aromatic rings. The number of halogens is 1. The van der Waals surface area contributed by atoms with Crippen LogP contribution in [0.15, 0.2) is 12.3 Å². The zero-order valence-corrected chi connectivity index (χ0v) is 12.4. The molecule has 0 radical (unpaired) electrons. The van der Waals surface area contributed by atoms with E-state index in [0.29, 0.717) is 36.9 Å². The Bertz CT molecular complexity index is 514. The number of carbonyl (C=O) groups excluding carboxylic acids is 2. The molecule has 2 heterocycles. The third-order valence-corrected chi connectivity index (χ3v) is 3.68. The highest BCUT2D eigenvalue weighted by atomic mass is 35.5. The molecule has 1 aliphatic heterocycles. The zero-order chi connectivity index (χ0) is 14.7. The Labute approximate surface area is 123 Å². The van der Waals surface area contributed by atoms with Crippen LogP contribution in [0.25, 0.3) is 0 Å². The van der Waals surface area contributed by atoms with Crippen LogP contribution < -0.4 is 10.6 Å². The molecule has 2 N–H and O–H groups in total. The maximum atomic E-state index is 12.7. The van der Waals surface area contributed by atoms with Crippen LogP contribution in [-0.4, -0.2) is 54.0 Å². The Morgan fingerprint density at radius 1 is 1.55 bits per heavy atom. The van der Waals surface area contributed by atoms with Crippen molar-refractivity contribution in [1.29, 1.82) is 0 Å². The van der Waals surface area contributed by atoms with Gasteiger partial charge in [-0.2, -0.15) is 0 Å². The minimum Gasteiger partial charge on any atom is -0.357 e. The SMILES string of the molecule is CCn1cc(Cl)cc1C(=O)N1CCNCC1C(=O)NC. The molecule has 2 amide bonds. The summed E-state index contributed by atoms with van der Waals surface area (Å²) in [6, 6.07) is 1.16. The van der Waals surface area contributed by atoms with Crippen molar-refractivity contribution in [2.24, 2.45) is 0 Å². The number of likely N-dealkylation sites (N-methyl/N-ethyl adjacent to an activating group) is 1. The van der Waals surface area contributed by atoms with Crippen LogP contribution in [0.1, 0.15) is 17.4 Å². The van der Waals surface area contributed by atoms with Crippen molar-refractivity contribution in [3.63, 3.8) is 0 Å². The zero-order valence-electron chi connectivity index (χ0n) is 11.6. The second kappa shape index (κ2) is 6.28. The molecular weight excluding hydrogens is 280 g/mol. The Balaban J connectivity index is 2.27. The summed E-state index contributed by atoms with van der Waals surface area (Å²) in [5.74, 6) is -0.319. The lowest BCUT2D eigenvalue weighted by Crippen LogP contribution is -2.59. The number of carbonyl (C=O) groups is 2. The summed E-state index contributed by atoms with van der Waals surface area (Å²) in [4.78, 5) is 26.2. The summed E-state index contributed by atoms with van der Waals surface area (Å²) in [5.41, 5.74) is 0.522. The van der Waals surface area contributed by atoms with Gasteiger partial charge < -0.3 is 20.1 Å². The molecule has 0 aliphatic carbocycles. The van der Waals surface area contributed by atoms with E-state index in [9.17, 15) is 9.59 Å². The van der Waals surface area contributed by atoms with Gasteiger partial charge in [-0.1, -0.05) is 11.6 Å².